The maximum absolute atomic E-state index is 13.2. The SMILES string of the molecule is CCOC(=O)C=C(c1ccc(OC)cc1)c1cc(C(F)(F)F)cc(C(F)(F)F)c1. The van der Waals surface area contributed by atoms with Gasteiger partial charge in [-0.25, -0.2) is 4.79 Å². The van der Waals surface area contributed by atoms with E-state index < -0.39 is 35.0 Å². The molecule has 3 nitrogen and oxygen atoms in total. The molecule has 2 aromatic rings. The van der Waals surface area contributed by atoms with E-state index >= 15 is 0 Å². The largest absolute Gasteiger partial charge is 0.497 e. The molecule has 0 aliphatic rings. The number of esters is 1. The van der Waals surface area contributed by atoms with E-state index in [1.54, 1.807) is 0 Å². The van der Waals surface area contributed by atoms with Crippen molar-refractivity contribution in [2.24, 2.45) is 0 Å². The molecule has 156 valence electrons. The van der Waals surface area contributed by atoms with Gasteiger partial charge in [-0.1, -0.05) is 12.1 Å². The van der Waals surface area contributed by atoms with Crippen LogP contribution in [0.2, 0.25) is 0 Å². The number of methoxy groups -OCH3 is 1. The molecule has 0 fully saturated rings. The highest BCUT2D eigenvalue weighted by Crippen LogP contribution is 2.38. The van der Waals surface area contributed by atoms with Gasteiger partial charge in [0.05, 0.1) is 24.8 Å². The number of carbonyl (C=O) groups is 1. The van der Waals surface area contributed by atoms with Crippen molar-refractivity contribution in [2.75, 3.05) is 13.7 Å². The Kier molecular flexibility index (Phi) is 6.61. The minimum Gasteiger partial charge on any atom is -0.497 e. The van der Waals surface area contributed by atoms with E-state index in [0.717, 1.165) is 6.08 Å². The van der Waals surface area contributed by atoms with Gasteiger partial charge in [-0.2, -0.15) is 26.3 Å². The number of benzene rings is 2. The molecule has 2 aromatic carbocycles. The lowest BCUT2D eigenvalue weighted by Crippen LogP contribution is -2.12. The van der Waals surface area contributed by atoms with Crippen LogP contribution in [0.4, 0.5) is 26.3 Å². The molecule has 29 heavy (non-hydrogen) atoms. The van der Waals surface area contributed by atoms with Gasteiger partial charge in [0, 0.05) is 6.08 Å². The van der Waals surface area contributed by atoms with Crippen molar-refractivity contribution in [3.8, 4) is 5.75 Å². The molecule has 0 N–H and O–H groups in total. The van der Waals surface area contributed by atoms with Gasteiger partial charge in [-0.05, 0) is 54.0 Å². The lowest BCUT2D eigenvalue weighted by Gasteiger charge is -2.16. The van der Waals surface area contributed by atoms with Gasteiger partial charge >= 0.3 is 18.3 Å². The van der Waals surface area contributed by atoms with Gasteiger partial charge in [-0.3, -0.25) is 0 Å². The van der Waals surface area contributed by atoms with Crippen LogP contribution in [0.1, 0.15) is 29.2 Å². The molecule has 0 aromatic heterocycles. The van der Waals surface area contributed by atoms with Gasteiger partial charge in [0.1, 0.15) is 5.75 Å². The predicted octanol–water partition coefficient (Wildman–Crippen LogP) is 5.73. The second-order valence-corrected chi connectivity index (χ2v) is 5.83. The number of carbonyl (C=O) groups excluding carboxylic acids is 1. The molecule has 0 saturated carbocycles. The summed E-state index contributed by atoms with van der Waals surface area (Å²) < 4.78 is 88.9. The molecule has 0 aliphatic heterocycles. The molecule has 0 saturated heterocycles. The minimum atomic E-state index is -5.01. The summed E-state index contributed by atoms with van der Waals surface area (Å²) >= 11 is 0. The van der Waals surface area contributed by atoms with Crippen molar-refractivity contribution in [1.29, 1.82) is 0 Å². The van der Waals surface area contributed by atoms with E-state index in [9.17, 15) is 31.1 Å². The Hall–Kier alpha value is -2.97. The monoisotopic (exact) mass is 418 g/mol. The summed E-state index contributed by atoms with van der Waals surface area (Å²) in [6, 6.07) is 6.91. The van der Waals surface area contributed by atoms with E-state index in [-0.39, 0.29) is 23.8 Å². The Balaban J connectivity index is 2.73. The predicted molar refractivity (Wildman–Crippen MR) is 93.2 cm³/mol. The van der Waals surface area contributed by atoms with Crippen LogP contribution in [-0.2, 0) is 21.9 Å². The third-order valence-electron chi connectivity index (χ3n) is 3.85. The molecule has 0 heterocycles. The zero-order valence-corrected chi connectivity index (χ0v) is 15.3. The average molecular weight is 418 g/mol. The van der Waals surface area contributed by atoms with Crippen molar-refractivity contribution < 1.29 is 40.6 Å². The van der Waals surface area contributed by atoms with Crippen LogP contribution < -0.4 is 4.74 Å². The Bertz CT molecular complexity index is 864. The van der Waals surface area contributed by atoms with Gasteiger partial charge in [0.15, 0.2) is 0 Å². The lowest BCUT2D eigenvalue weighted by atomic mass is 9.93. The van der Waals surface area contributed by atoms with E-state index in [1.165, 1.54) is 38.3 Å². The Morgan fingerprint density at radius 1 is 0.897 bits per heavy atom. The summed E-state index contributed by atoms with van der Waals surface area (Å²) in [6.07, 6.45) is -9.16. The zero-order valence-electron chi connectivity index (χ0n) is 15.3. The highest BCUT2D eigenvalue weighted by Gasteiger charge is 2.37. The number of hydrogen-bond donors (Lipinski definition) is 0. The van der Waals surface area contributed by atoms with Crippen molar-refractivity contribution in [3.05, 3.63) is 70.8 Å². The zero-order chi connectivity index (χ0) is 21.8. The number of ether oxygens (including phenoxy) is 2. The third-order valence-corrected chi connectivity index (χ3v) is 3.85. The Morgan fingerprint density at radius 3 is 1.83 bits per heavy atom. The molecule has 9 heteroatoms. The van der Waals surface area contributed by atoms with Crippen molar-refractivity contribution in [2.45, 2.75) is 19.3 Å². The second kappa shape index (κ2) is 8.59. The van der Waals surface area contributed by atoms with Crippen molar-refractivity contribution in [1.82, 2.24) is 0 Å². The first-order valence-corrected chi connectivity index (χ1v) is 8.28. The molecule has 0 bridgehead atoms. The van der Waals surface area contributed by atoms with E-state index in [2.05, 4.69) is 0 Å². The van der Waals surface area contributed by atoms with Gasteiger partial charge in [-0.15, -0.1) is 0 Å². The topological polar surface area (TPSA) is 35.5 Å². The summed E-state index contributed by atoms with van der Waals surface area (Å²) in [6.45, 7) is 1.51. The fourth-order valence-corrected chi connectivity index (χ4v) is 2.52. The van der Waals surface area contributed by atoms with Gasteiger partial charge in [0.2, 0.25) is 0 Å². The summed E-state index contributed by atoms with van der Waals surface area (Å²) in [5, 5.41) is 0. The normalized spacial score (nSPS) is 12.6. The summed E-state index contributed by atoms with van der Waals surface area (Å²) in [4.78, 5) is 11.9. The first kappa shape index (κ1) is 22.3. The highest BCUT2D eigenvalue weighted by molar-refractivity contribution is 5.96. The quantitative estimate of drug-likeness (QED) is 0.354. The van der Waals surface area contributed by atoms with Crippen LogP contribution in [0.25, 0.3) is 5.57 Å². The van der Waals surface area contributed by atoms with Crippen molar-refractivity contribution in [3.63, 3.8) is 0 Å². The molecule has 0 unspecified atom stereocenters. The summed E-state index contributed by atoms with van der Waals surface area (Å²) in [5.74, 6) is -0.478. The summed E-state index contributed by atoms with van der Waals surface area (Å²) in [7, 11) is 1.40. The molecule has 2 rings (SSSR count). The minimum absolute atomic E-state index is 0.0123. The number of alkyl halides is 6. The van der Waals surface area contributed by atoms with Crippen LogP contribution in [0.5, 0.6) is 5.75 Å². The lowest BCUT2D eigenvalue weighted by molar-refractivity contribution is -0.143. The van der Waals surface area contributed by atoms with Gasteiger partial charge in [0.25, 0.3) is 0 Å². The van der Waals surface area contributed by atoms with Crippen LogP contribution in [0.15, 0.2) is 48.5 Å². The second-order valence-electron chi connectivity index (χ2n) is 5.83. The molecule has 0 radical (unpaired) electrons. The smallest absolute Gasteiger partial charge is 0.416 e. The maximum atomic E-state index is 13.2. The van der Waals surface area contributed by atoms with Crippen LogP contribution in [0.3, 0.4) is 0 Å². The van der Waals surface area contributed by atoms with Crippen LogP contribution >= 0.6 is 0 Å². The first-order valence-electron chi connectivity index (χ1n) is 8.28. The number of halogens is 6. The molecule has 0 aliphatic carbocycles. The number of rotatable bonds is 5. The Morgan fingerprint density at radius 2 is 1.41 bits per heavy atom. The summed E-state index contributed by atoms with van der Waals surface area (Å²) in [5.41, 5.74) is -3.32. The first-order chi connectivity index (χ1) is 13.5. The third kappa shape index (κ3) is 5.75. The van der Waals surface area contributed by atoms with E-state index in [0.29, 0.717) is 17.9 Å². The standard InChI is InChI=1S/C20H16F6O3/c1-3-29-18(27)11-17(12-4-6-16(28-2)7-5-12)13-8-14(19(21,22)23)10-15(9-13)20(24,25)26/h4-11H,3H2,1-2H3. The Labute approximate surface area is 162 Å². The van der Waals surface area contributed by atoms with E-state index in [4.69, 9.17) is 9.47 Å². The van der Waals surface area contributed by atoms with Crippen molar-refractivity contribution >= 4 is 11.5 Å². The van der Waals surface area contributed by atoms with Crippen LogP contribution in [0, 0.1) is 0 Å². The van der Waals surface area contributed by atoms with E-state index in [1.807, 2.05) is 0 Å². The van der Waals surface area contributed by atoms with Crippen LogP contribution in [-0.4, -0.2) is 19.7 Å². The molecule has 0 spiro atoms. The fraction of sp³-hybridized carbons (Fsp3) is 0.250. The molecule has 0 amide bonds. The highest BCUT2D eigenvalue weighted by atomic mass is 19.4. The molecular weight excluding hydrogens is 402 g/mol. The molecular formula is C20H16F6O3. The maximum Gasteiger partial charge on any atom is 0.416 e. The number of hydrogen-bond acceptors (Lipinski definition) is 3. The average Bonchev–Trinajstić information content (AvgIpc) is 2.65. The molecule has 0 atom stereocenters. The fourth-order valence-electron chi connectivity index (χ4n) is 2.52. The van der Waals surface area contributed by atoms with Gasteiger partial charge < -0.3 is 9.47 Å².